The van der Waals surface area contributed by atoms with Gasteiger partial charge in [0.25, 0.3) is 0 Å². The average molecular weight is 323 g/mol. The molecule has 1 nitrogen and oxygen atoms in total. The van der Waals surface area contributed by atoms with Crippen LogP contribution in [0.15, 0.2) is 46.9 Å². The second kappa shape index (κ2) is 6.31. The fraction of sp³-hybridized carbons (Fsp3) is 0.250. The first-order chi connectivity index (χ1) is 9.10. The first kappa shape index (κ1) is 14.2. The molecular formula is C16H16BrFO. The lowest BCUT2D eigenvalue weighted by Gasteiger charge is -2.13. The molecule has 0 heterocycles. The Morgan fingerprint density at radius 1 is 1.16 bits per heavy atom. The van der Waals surface area contributed by atoms with Gasteiger partial charge in [0.05, 0.1) is 6.10 Å². The summed E-state index contributed by atoms with van der Waals surface area (Å²) in [4.78, 5) is 0. The Morgan fingerprint density at radius 2 is 1.84 bits per heavy atom. The highest BCUT2D eigenvalue weighted by Gasteiger charge is 2.11. The monoisotopic (exact) mass is 322 g/mol. The summed E-state index contributed by atoms with van der Waals surface area (Å²) >= 11 is 3.32. The van der Waals surface area contributed by atoms with E-state index in [2.05, 4.69) is 22.9 Å². The maximum absolute atomic E-state index is 13.0. The second-order valence-electron chi connectivity index (χ2n) is 4.55. The minimum atomic E-state index is -0.576. The Bertz CT molecular complexity index is 551. The first-order valence-corrected chi connectivity index (χ1v) is 7.10. The summed E-state index contributed by atoms with van der Waals surface area (Å²) in [6, 6.07) is 12.5. The SMILES string of the molecule is CCc1ccc(C(O)Cc2ccc(F)cc2Br)cc1. The number of hydrogen-bond acceptors (Lipinski definition) is 1. The van der Waals surface area contributed by atoms with Gasteiger partial charge in [0, 0.05) is 10.9 Å². The highest BCUT2D eigenvalue weighted by atomic mass is 79.9. The molecule has 2 aromatic rings. The normalized spacial score (nSPS) is 12.4. The van der Waals surface area contributed by atoms with E-state index in [1.54, 1.807) is 6.07 Å². The Balaban J connectivity index is 2.13. The van der Waals surface area contributed by atoms with Crippen molar-refractivity contribution in [1.29, 1.82) is 0 Å². The van der Waals surface area contributed by atoms with Crippen molar-refractivity contribution in [3.8, 4) is 0 Å². The van der Waals surface area contributed by atoms with Crippen molar-refractivity contribution >= 4 is 15.9 Å². The van der Waals surface area contributed by atoms with E-state index in [1.165, 1.54) is 17.7 Å². The summed E-state index contributed by atoms with van der Waals surface area (Å²) in [7, 11) is 0. The Kier molecular flexibility index (Phi) is 4.72. The molecule has 0 amide bonds. The number of aliphatic hydroxyl groups excluding tert-OH is 1. The van der Waals surface area contributed by atoms with Crippen molar-refractivity contribution in [3.05, 3.63) is 69.4 Å². The zero-order valence-electron chi connectivity index (χ0n) is 10.7. The van der Waals surface area contributed by atoms with Crippen molar-refractivity contribution in [3.63, 3.8) is 0 Å². The van der Waals surface area contributed by atoms with Gasteiger partial charge in [0.1, 0.15) is 5.82 Å². The molecule has 2 rings (SSSR count). The molecule has 1 N–H and O–H groups in total. The van der Waals surface area contributed by atoms with E-state index in [-0.39, 0.29) is 5.82 Å². The van der Waals surface area contributed by atoms with Crippen LogP contribution in [0.4, 0.5) is 4.39 Å². The molecule has 19 heavy (non-hydrogen) atoms. The van der Waals surface area contributed by atoms with Crippen molar-refractivity contribution in [2.75, 3.05) is 0 Å². The molecule has 2 aromatic carbocycles. The van der Waals surface area contributed by atoms with E-state index in [1.807, 2.05) is 24.3 Å². The van der Waals surface area contributed by atoms with Crippen LogP contribution in [0.1, 0.15) is 29.7 Å². The van der Waals surface area contributed by atoms with E-state index in [0.29, 0.717) is 10.9 Å². The van der Waals surface area contributed by atoms with Crippen LogP contribution >= 0.6 is 15.9 Å². The maximum Gasteiger partial charge on any atom is 0.124 e. The third-order valence-electron chi connectivity index (χ3n) is 3.20. The van der Waals surface area contributed by atoms with Crippen molar-refractivity contribution in [2.24, 2.45) is 0 Å². The third-order valence-corrected chi connectivity index (χ3v) is 3.94. The zero-order valence-corrected chi connectivity index (χ0v) is 12.3. The molecule has 0 bridgehead atoms. The standard InChI is InChI=1S/C16H16BrFO/c1-2-11-3-5-12(6-4-11)16(19)9-13-7-8-14(18)10-15(13)17/h3-8,10,16,19H,2,9H2,1H3. The summed E-state index contributed by atoms with van der Waals surface area (Å²) < 4.78 is 13.7. The van der Waals surface area contributed by atoms with Gasteiger partial charge in [-0.05, 0) is 35.2 Å². The van der Waals surface area contributed by atoms with Crippen LogP contribution in [-0.2, 0) is 12.8 Å². The van der Waals surface area contributed by atoms with Gasteiger partial charge in [-0.3, -0.25) is 0 Å². The summed E-state index contributed by atoms with van der Waals surface area (Å²) in [6.07, 6.45) is 0.874. The molecule has 0 saturated carbocycles. The Labute approximate surface area is 121 Å². The number of rotatable bonds is 4. The van der Waals surface area contributed by atoms with Gasteiger partial charge in [-0.15, -0.1) is 0 Å². The average Bonchev–Trinajstić information content (AvgIpc) is 2.42. The smallest absolute Gasteiger partial charge is 0.124 e. The number of benzene rings is 2. The van der Waals surface area contributed by atoms with Crippen LogP contribution in [0.2, 0.25) is 0 Å². The largest absolute Gasteiger partial charge is 0.388 e. The lowest BCUT2D eigenvalue weighted by atomic mass is 10.00. The summed E-state index contributed by atoms with van der Waals surface area (Å²) in [5.74, 6) is -0.280. The van der Waals surface area contributed by atoms with Crippen molar-refractivity contribution < 1.29 is 9.50 Å². The van der Waals surface area contributed by atoms with E-state index < -0.39 is 6.10 Å². The third kappa shape index (κ3) is 3.64. The number of aliphatic hydroxyl groups is 1. The van der Waals surface area contributed by atoms with Gasteiger partial charge < -0.3 is 5.11 Å². The van der Waals surface area contributed by atoms with Crippen LogP contribution in [0.3, 0.4) is 0 Å². The first-order valence-electron chi connectivity index (χ1n) is 6.31. The summed E-state index contributed by atoms with van der Waals surface area (Å²) in [5, 5.41) is 10.2. The number of halogens is 2. The van der Waals surface area contributed by atoms with E-state index in [9.17, 15) is 9.50 Å². The number of aryl methyl sites for hydroxylation is 1. The molecule has 0 aliphatic carbocycles. The zero-order chi connectivity index (χ0) is 13.8. The lowest BCUT2D eigenvalue weighted by Crippen LogP contribution is -2.02. The molecule has 0 radical (unpaired) electrons. The Hall–Kier alpha value is -1.19. The van der Waals surface area contributed by atoms with Gasteiger partial charge >= 0.3 is 0 Å². The van der Waals surface area contributed by atoms with Gasteiger partial charge in [0.2, 0.25) is 0 Å². The lowest BCUT2D eigenvalue weighted by molar-refractivity contribution is 0.178. The maximum atomic E-state index is 13.0. The van der Waals surface area contributed by atoms with Gasteiger partial charge in [-0.1, -0.05) is 53.2 Å². The topological polar surface area (TPSA) is 20.2 Å². The molecule has 0 aliphatic rings. The molecule has 0 saturated heterocycles. The van der Waals surface area contributed by atoms with Crippen LogP contribution in [-0.4, -0.2) is 5.11 Å². The molecular weight excluding hydrogens is 307 g/mol. The molecule has 3 heteroatoms. The molecule has 0 aliphatic heterocycles. The Morgan fingerprint density at radius 3 is 2.42 bits per heavy atom. The molecule has 0 fully saturated rings. The molecule has 100 valence electrons. The van der Waals surface area contributed by atoms with Crippen molar-refractivity contribution in [2.45, 2.75) is 25.9 Å². The summed E-state index contributed by atoms with van der Waals surface area (Å²) in [6.45, 7) is 2.10. The highest BCUT2D eigenvalue weighted by Crippen LogP contribution is 2.25. The van der Waals surface area contributed by atoms with Crippen molar-refractivity contribution in [1.82, 2.24) is 0 Å². The van der Waals surface area contributed by atoms with E-state index >= 15 is 0 Å². The number of hydrogen-bond donors (Lipinski definition) is 1. The molecule has 1 atom stereocenters. The van der Waals surface area contributed by atoms with Gasteiger partial charge in [-0.25, -0.2) is 4.39 Å². The summed E-state index contributed by atoms with van der Waals surface area (Å²) in [5.41, 5.74) is 3.03. The molecule has 0 spiro atoms. The fourth-order valence-electron chi connectivity index (χ4n) is 1.99. The predicted molar refractivity (Wildman–Crippen MR) is 78.6 cm³/mol. The van der Waals surface area contributed by atoms with Crippen LogP contribution in [0, 0.1) is 5.82 Å². The highest BCUT2D eigenvalue weighted by molar-refractivity contribution is 9.10. The van der Waals surface area contributed by atoms with Crippen LogP contribution < -0.4 is 0 Å². The minimum Gasteiger partial charge on any atom is -0.388 e. The fourth-order valence-corrected chi connectivity index (χ4v) is 2.50. The van der Waals surface area contributed by atoms with E-state index in [4.69, 9.17) is 0 Å². The van der Waals surface area contributed by atoms with Crippen LogP contribution in [0.25, 0.3) is 0 Å². The van der Waals surface area contributed by atoms with E-state index in [0.717, 1.165) is 17.5 Å². The van der Waals surface area contributed by atoms with Crippen LogP contribution in [0.5, 0.6) is 0 Å². The van der Waals surface area contributed by atoms with Gasteiger partial charge in [-0.2, -0.15) is 0 Å². The van der Waals surface area contributed by atoms with Gasteiger partial charge in [0.15, 0.2) is 0 Å². The quantitative estimate of drug-likeness (QED) is 0.883. The minimum absolute atomic E-state index is 0.280. The predicted octanol–water partition coefficient (Wildman–Crippen LogP) is 4.43. The molecule has 1 unspecified atom stereocenters. The second-order valence-corrected chi connectivity index (χ2v) is 5.41. The molecule has 0 aromatic heterocycles.